The second kappa shape index (κ2) is 8.20. The third kappa shape index (κ3) is 4.11. The van der Waals surface area contributed by atoms with E-state index in [1.165, 1.54) is 18.3 Å². The van der Waals surface area contributed by atoms with Crippen LogP contribution in [-0.2, 0) is 6.54 Å². The molecule has 2 aromatic carbocycles. The molecule has 2 aliphatic carbocycles. The number of hydrogen-bond donors (Lipinski definition) is 1. The summed E-state index contributed by atoms with van der Waals surface area (Å²) in [5.41, 5.74) is 3.16. The number of rotatable bonds is 7. The molecule has 2 heterocycles. The lowest BCUT2D eigenvalue weighted by Gasteiger charge is -2.22. The van der Waals surface area contributed by atoms with Crippen LogP contribution in [0.2, 0.25) is 0 Å². The molecule has 0 radical (unpaired) electrons. The summed E-state index contributed by atoms with van der Waals surface area (Å²) in [6.45, 7) is 2.07. The highest BCUT2D eigenvalue weighted by molar-refractivity contribution is 5.93. The number of anilines is 1. The number of carbonyl (C=O) groups excluding carboxylic acids is 1. The minimum absolute atomic E-state index is 0.0952. The van der Waals surface area contributed by atoms with Crippen molar-refractivity contribution in [3.63, 3.8) is 0 Å². The summed E-state index contributed by atoms with van der Waals surface area (Å²) in [5, 5.41) is 8.08. The second-order valence-electron chi connectivity index (χ2n) is 9.12. The molecule has 0 aliphatic heterocycles. The van der Waals surface area contributed by atoms with Crippen LogP contribution in [0.4, 0.5) is 10.2 Å². The normalized spacial score (nSPS) is 15.5. The zero-order chi connectivity index (χ0) is 23.2. The average Bonchev–Trinajstić information content (AvgIpc) is 3.77. The number of hydrogen-bond acceptors (Lipinski definition) is 6. The summed E-state index contributed by atoms with van der Waals surface area (Å²) in [6.07, 6.45) is 5.55. The van der Waals surface area contributed by atoms with E-state index >= 15 is 0 Å². The van der Waals surface area contributed by atoms with Crippen LogP contribution >= 0.6 is 0 Å². The number of aryl methyl sites for hydroxylation is 1. The maximum Gasteiger partial charge on any atom is 0.293 e. The zero-order valence-electron chi connectivity index (χ0n) is 18.8. The van der Waals surface area contributed by atoms with Gasteiger partial charge in [0.1, 0.15) is 17.5 Å². The van der Waals surface area contributed by atoms with E-state index in [2.05, 4.69) is 26.5 Å². The van der Waals surface area contributed by atoms with E-state index in [1.807, 2.05) is 25.1 Å². The number of aromatic nitrogens is 3. The number of nitrogens with one attached hydrogen (secondary N) is 1. The van der Waals surface area contributed by atoms with Crippen LogP contribution in [0.3, 0.4) is 0 Å². The van der Waals surface area contributed by atoms with Gasteiger partial charge < -0.3 is 14.7 Å². The van der Waals surface area contributed by atoms with Crippen LogP contribution in [0.15, 0.2) is 53.2 Å². The van der Waals surface area contributed by atoms with Crippen molar-refractivity contribution >= 4 is 22.6 Å². The third-order valence-corrected chi connectivity index (χ3v) is 6.34. The van der Waals surface area contributed by atoms with Gasteiger partial charge in [0.25, 0.3) is 5.91 Å². The molecular formula is C26H24FN5O2. The van der Waals surface area contributed by atoms with Gasteiger partial charge in [-0.15, -0.1) is 0 Å². The minimum atomic E-state index is -0.337. The van der Waals surface area contributed by atoms with E-state index in [0.717, 1.165) is 59.4 Å². The molecule has 2 aromatic heterocycles. The molecule has 4 aromatic rings. The number of carbonyl (C=O) groups is 1. The molecule has 34 heavy (non-hydrogen) atoms. The Bertz CT molecular complexity index is 1380. The Balaban J connectivity index is 1.34. The Morgan fingerprint density at radius 3 is 2.62 bits per heavy atom. The fourth-order valence-corrected chi connectivity index (χ4v) is 4.23. The van der Waals surface area contributed by atoms with Crippen molar-refractivity contribution in [3.05, 3.63) is 71.6 Å². The van der Waals surface area contributed by atoms with Crippen molar-refractivity contribution in [1.82, 2.24) is 20.0 Å². The Morgan fingerprint density at radius 1 is 1.09 bits per heavy atom. The Hall–Kier alpha value is -3.81. The molecule has 0 spiro atoms. The third-order valence-electron chi connectivity index (χ3n) is 6.34. The van der Waals surface area contributed by atoms with E-state index in [0.29, 0.717) is 11.6 Å². The fourth-order valence-electron chi connectivity index (χ4n) is 4.23. The van der Waals surface area contributed by atoms with Gasteiger partial charge in [0.2, 0.25) is 5.76 Å². The van der Waals surface area contributed by atoms with Gasteiger partial charge in [-0.3, -0.25) is 4.79 Å². The van der Waals surface area contributed by atoms with Gasteiger partial charge in [0.15, 0.2) is 0 Å². The molecule has 0 saturated heterocycles. The first-order valence-electron chi connectivity index (χ1n) is 11.6. The molecule has 6 rings (SSSR count). The molecular weight excluding hydrogens is 433 g/mol. The first kappa shape index (κ1) is 20.8. The van der Waals surface area contributed by atoms with Crippen LogP contribution in [0.25, 0.3) is 22.0 Å². The molecule has 0 atom stereocenters. The maximum absolute atomic E-state index is 14.8. The van der Waals surface area contributed by atoms with Crippen LogP contribution < -0.4 is 5.32 Å². The summed E-state index contributed by atoms with van der Waals surface area (Å²) >= 11 is 0. The lowest BCUT2D eigenvalue weighted by atomic mass is 10.0. The lowest BCUT2D eigenvalue weighted by molar-refractivity contribution is 0.0686. The molecule has 1 amide bonds. The highest BCUT2D eigenvalue weighted by Crippen LogP contribution is 2.33. The zero-order valence-corrected chi connectivity index (χ0v) is 18.8. The predicted molar refractivity (Wildman–Crippen MR) is 126 cm³/mol. The lowest BCUT2D eigenvalue weighted by Crippen LogP contribution is -2.32. The molecule has 0 unspecified atom stereocenters. The van der Waals surface area contributed by atoms with Crippen molar-refractivity contribution < 1.29 is 13.7 Å². The van der Waals surface area contributed by atoms with Gasteiger partial charge in [-0.1, -0.05) is 17.3 Å². The Morgan fingerprint density at radius 2 is 1.88 bits per heavy atom. The monoisotopic (exact) mass is 457 g/mol. The highest BCUT2D eigenvalue weighted by Gasteiger charge is 2.35. The standard InChI is InChI=1S/C26H24FN5O2/c1-15-29-23-9-3-17(13-21(23)25(30-15)31-19-4-5-19)16-2-8-22(27)18(12-16)14-32(20-6-7-20)26(33)24-10-11-28-34-24/h2-3,8-13,19-20H,4-7,14H2,1H3,(H,29,30,31). The summed E-state index contributed by atoms with van der Waals surface area (Å²) in [4.78, 5) is 23.8. The first-order valence-corrected chi connectivity index (χ1v) is 11.6. The van der Waals surface area contributed by atoms with Crippen LogP contribution in [0, 0.1) is 12.7 Å². The molecule has 2 fully saturated rings. The minimum Gasteiger partial charge on any atom is -0.367 e. The van der Waals surface area contributed by atoms with Gasteiger partial charge in [0, 0.05) is 35.6 Å². The largest absolute Gasteiger partial charge is 0.367 e. The average molecular weight is 458 g/mol. The molecule has 0 bridgehead atoms. The number of fused-ring (bicyclic) bond motifs is 1. The molecule has 2 aliphatic rings. The van der Waals surface area contributed by atoms with Crippen molar-refractivity contribution in [1.29, 1.82) is 0 Å². The van der Waals surface area contributed by atoms with Gasteiger partial charge >= 0.3 is 0 Å². The maximum atomic E-state index is 14.8. The fraction of sp³-hybridized carbons (Fsp3) is 0.308. The van der Waals surface area contributed by atoms with Crippen LogP contribution in [0.5, 0.6) is 0 Å². The molecule has 7 nitrogen and oxygen atoms in total. The molecule has 1 N–H and O–H groups in total. The summed E-state index contributed by atoms with van der Waals surface area (Å²) < 4.78 is 19.9. The Kier molecular flexibility index (Phi) is 5.01. The SMILES string of the molecule is Cc1nc(NC2CC2)c2cc(-c3ccc(F)c(CN(C(=O)c4ccno4)C4CC4)c3)ccc2n1. The molecule has 2 saturated carbocycles. The van der Waals surface area contributed by atoms with E-state index in [9.17, 15) is 9.18 Å². The quantitative estimate of drug-likeness (QED) is 0.415. The van der Waals surface area contributed by atoms with Crippen molar-refractivity contribution in [2.24, 2.45) is 0 Å². The van der Waals surface area contributed by atoms with Crippen molar-refractivity contribution in [2.75, 3.05) is 5.32 Å². The molecule has 8 heteroatoms. The van der Waals surface area contributed by atoms with E-state index in [1.54, 1.807) is 11.0 Å². The summed E-state index contributed by atoms with van der Waals surface area (Å²) in [6, 6.07) is 13.2. The highest BCUT2D eigenvalue weighted by atomic mass is 19.1. The van der Waals surface area contributed by atoms with Gasteiger partial charge in [0.05, 0.1) is 11.7 Å². The summed E-state index contributed by atoms with van der Waals surface area (Å²) in [7, 11) is 0. The van der Waals surface area contributed by atoms with E-state index < -0.39 is 0 Å². The van der Waals surface area contributed by atoms with Crippen LogP contribution in [0.1, 0.15) is 47.6 Å². The molecule has 172 valence electrons. The van der Waals surface area contributed by atoms with E-state index in [-0.39, 0.29) is 30.1 Å². The number of amides is 1. The smallest absolute Gasteiger partial charge is 0.293 e. The second-order valence-corrected chi connectivity index (χ2v) is 9.12. The van der Waals surface area contributed by atoms with Crippen molar-refractivity contribution in [2.45, 2.75) is 51.2 Å². The summed E-state index contributed by atoms with van der Waals surface area (Å²) in [5.74, 6) is 1.13. The van der Waals surface area contributed by atoms with Gasteiger partial charge in [-0.25, -0.2) is 14.4 Å². The number of benzene rings is 2. The van der Waals surface area contributed by atoms with Gasteiger partial charge in [-0.05, 0) is 68.0 Å². The van der Waals surface area contributed by atoms with Crippen LogP contribution in [-0.4, -0.2) is 38.0 Å². The Labute approximate surface area is 196 Å². The first-order chi connectivity index (χ1) is 16.5. The predicted octanol–water partition coefficient (Wildman–Crippen LogP) is 5.11. The number of halogens is 1. The van der Waals surface area contributed by atoms with Gasteiger partial charge in [-0.2, -0.15) is 0 Å². The number of nitrogens with zero attached hydrogens (tertiary/aromatic N) is 4. The topological polar surface area (TPSA) is 84.2 Å². The van der Waals surface area contributed by atoms with Crippen molar-refractivity contribution in [3.8, 4) is 11.1 Å². The van der Waals surface area contributed by atoms with E-state index in [4.69, 9.17) is 4.52 Å².